The number of amides is 2. The summed E-state index contributed by atoms with van der Waals surface area (Å²) in [6, 6.07) is 16.2. The van der Waals surface area contributed by atoms with Gasteiger partial charge in [-0.3, -0.25) is 9.59 Å². The fourth-order valence-electron chi connectivity index (χ4n) is 5.28. The molecule has 4 rings (SSSR count). The zero-order valence-corrected chi connectivity index (χ0v) is 20.2. The van der Waals surface area contributed by atoms with E-state index in [0.717, 1.165) is 30.4 Å². The second kappa shape index (κ2) is 10.9. The number of carboxylic acid groups (broad SMARTS) is 1. The van der Waals surface area contributed by atoms with E-state index in [1.54, 1.807) is 0 Å². The van der Waals surface area contributed by atoms with Crippen LogP contribution in [0.25, 0.3) is 11.1 Å². The maximum Gasteiger partial charge on any atom is 0.407 e. The molecule has 3 N–H and O–H groups in total. The van der Waals surface area contributed by atoms with Crippen molar-refractivity contribution in [2.75, 3.05) is 13.2 Å². The molecule has 7 nitrogen and oxygen atoms in total. The first-order chi connectivity index (χ1) is 16.9. The normalized spacial score (nSPS) is 16.4. The zero-order chi connectivity index (χ0) is 24.8. The summed E-state index contributed by atoms with van der Waals surface area (Å²) in [5.74, 6) is -0.935. The summed E-state index contributed by atoms with van der Waals surface area (Å²) >= 11 is 0. The van der Waals surface area contributed by atoms with Crippen molar-refractivity contribution in [3.63, 3.8) is 0 Å². The molecule has 0 saturated heterocycles. The number of ether oxygens (including phenoxy) is 1. The highest BCUT2D eigenvalue weighted by Gasteiger charge is 2.39. The van der Waals surface area contributed by atoms with Gasteiger partial charge in [0.15, 0.2) is 0 Å². The number of hydrogen-bond acceptors (Lipinski definition) is 4. The molecule has 2 aromatic carbocycles. The third-order valence-electron chi connectivity index (χ3n) is 7.48. The number of carbonyl (C=O) groups excluding carboxylic acids is 2. The molecule has 0 heterocycles. The summed E-state index contributed by atoms with van der Waals surface area (Å²) in [6.07, 6.45) is 3.74. The SMILES string of the molecule is CCC(CCC(=O)NCC1(CC(=O)O)CCC1)NC(=O)OCC1c2ccccc2-c2ccccc21. The predicted octanol–water partition coefficient (Wildman–Crippen LogP) is 4.85. The largest absolute Gasteiger partial charge is 0.481 e. The van der Waals surface area contributed by atoms with Gasteiger partial charge in [-0.1, -0.05) is 61.9 Å². The van der Waals surface area contributed by atoms with Crippen molar-refractivity contribution >= 4 is 18.0 Å². The second-order valence-corrected chi connectivity index (χ2v) is 9.81. The second-order valence-electron chi connectivity index (χ2n) is 9.81. The standard InChI is InChI=1S/C28H34N2O5/c1-2-19(12-13-25(31)29-18-28(14-7-15-28)16-26(32)33)30-27(34)35-17-24-22-10-5-3-8-20(22)21-9-4-6-11-23(21)24/h3-6,8-11,19,24H,2,7,12-18H2,1H3,(H,29,31)(H,30,34)(H,32,33). The Bertz CT molecular complexity index is 1030. The van der Waals surface area contributed by atoms with Crippen LogP contribution in [0.15, 0.2) is 48.5 Å². The minimum absolute atomic E-state index is 0.00336. The lowest BCUT2D eigenvalue weighted by atomic mass is 9.66. The van der Waals surface area contributed by atoms with Crippen LogP contribution in [0.2, 0.25) is 0 Å². The number of benzene rings is 2. The first-order valence-corrected chi connectivity index (χ1v) is 12.5. The molecule has 1 atom stereocenters. The van der Waals surface area contributed by atoms with Gasteiger partial charge >= 0.3 is 12.1 Å². The van der Waals surface area contributed by atoms with Gasteiger partial charge in [-0.2, -0.15) is 0 Å². The van der Waals surface area contributed by atoms with Crippen LogP contribution in [0.1, 0.15) is 68.9 Å². The van der Waals surface area contributed by atoms with Crippen LogP contribution in [0.5, 0.6) is 0 Å². The van der Waals surface area contributed by atoms with E-state index in [9.17, 15) is 14.4 Å². The summed E-state index contributed by atoms with van der Waals surface area (Å²) in [7, 11) is 0. The fourth-order valence-corrected chi connectivity index (χ4v) is 5.28. The zero-order valence-electron chi connectivity index (χ0n) is 20.2. The molecule has 0 bridgehead atoms. The van der Waals surface area contributed by atoms with E-state index in [0.29, 0.717) is 19.4 Å². The highest BCUT2D eigenvalue weighted by atomic mass is 16.5. The highest BCUT2D eigenvalue weighted by molar-refractivity contribution is 5.79. The Morgan fingerprint density at radius 1 is 1.06 bits per heavy atom. The van der Waals surface area contributed by atoms with Gasteiger partial charge in [-0.15, -0.1) is 0 Å². The molecular weight excluding hydrogens is 444 g/mol. The van der Waals surface area contributed by atoms with Crippen LogP contribution in [0.4, 0.5) is 4.79 Å². The minimum Gasteiger partial charge on any atom is -0.481 e. The molecule has 1 unspecified atom stereocenters. The van der Waals surface area contributed by atoms with Gasteiger partial charge in [0.1, 0.15) is 6.61 Å². The molecule has 0 spiro atoms. The minimum atomic E-state index is -0.822. The molecule has 2 aromatic rings. The molecule has 0 aromatic heterocycles. The average molecular weight is 479 g/mol. The lowest BCUT2D eigenvalue weighted by molar-refractivity contribution is -0.141. The lowest BCUT2D eigenvalue weighted by Crippen LogP contribution is -2.44. The average Bonchev–Trinajstić information content (AvgIpc) is 3.15. The van der Waals surface area contributed by atoms with Gasteiger partial charge in [-0.25, -0.2) is 4.79 Å². The summed E-state index contributed by atoms with van der Waals surface area (Å²) in [5, 5.41) is 14.9. The van der Waals surface area contributed by atoms with Crippen LogP contribution in [0.3, 0.4) is 0 Å². The molecule has 0 radical (unpaired) electrons. The van der Waals surface area contributed by atoms with E-state index < -0.39 is 12.1 Å². The van der Waals surface area contributed by atoms with Crippen molar-refractivity contribution < 1.29 is 24.2 Å². The number of aliphatic carboxylic acids is 1. The van der Waals surface area contributed by atoms with Crippen LogP contribution < -0.4 is 10.6 Å². The Kier molecular flexibility index (Phi) is 7.73. The van der Waals surface area contributed by atoms with Gasteiger partial charge in [0.25, 0.3) is 0 Å². The molecule has 186 valence electrons. The van der Waals surface area contributed by atoms with Crippen molar-refractivity contribution in [1.82, 2.24) is 10.6 Å². The molecule has 2 amide bonds. The number of carbonyl (C=O) groups is 3. The van der Waals surface area contributed by atoms with E-state index in [1.807, 2.05) is 31.2 Å². The molecule has 1 fully saturated rings. The van der Waals surface area contributed by atoms with Crippen molar-refractivity contribution in [1.29, 1.82) is 0 Å². The van der Waals surface area contributed by atoms with Crippen LogP contribution in [-0.4, -0.2) is 42.3 Å². The summed E-state index contributed by atoms with van der Waals surface area (Å²) < 4.78 is 5.62. The number of fused-ring (bicyclic) bond motifs is 3. The van der Waals surface area contributed by atoms with Gasteiger partial charge in [0, 0.05) is 24.9 Å². The van der Waals surface area contributed by atoms with E-state index in [2.05, 4.69) is 34.9 Å². The number of nitrogens with one attached hydrogen (secondary N) is 2. The van der Waals surface area contributed by atoms with Gasteiger partial charge in [-0.05, 0) is 53.4 Å². The van der Waals surface area contributed by atoms with Crippen LogP contribution in [0, 0.1) is 5.41 Å². The molecule has 0 aliphatic heterocycles. The van der Waals surface area contributed by atoms with E-state index in [4.69, 9.17) is 9.84 Å². The van der Waals surface area contributed by atoms with E-state index >= 15 is 0 Å². The van der Waals surface area contributed by atoms with Crippen molar-refractivity contribution in [2.45, 2.75) is 63.8 Å². The predicted molar refractivity (Wildman–Crippen MR) is 133 cm³/mol. The Labute approximate surface area is 206 Å². The summed E-state index contributed by atoms with van der Waals surface area (Å²) in [6.45, 7) is 2.61. The molecule has 1 saturated carbocycles. The van der Waals surface area contributed by atoms with Crippen LogP contribution in [-0.2, 0) is 14.3 Å². The van der Waals surface area contributed by atoms with E-state index in [-0.39, 0.29) is 42.7 Å². The van der Waals surface area contributed by atoms with E-state index in [1.165, 1.54) is 11.1 Å². The molecule has 35 heavy (non-hydrogen) atoms. The number of rotatable bonds is 11. The number of carboxylic acids is 1. The third kappa shape index (κ3) is 5.84. The monoisotopic (exact) mass is 478 g/mol. The first-order valence-electron chi connectivity index (χ1n) is 12.5. The highest BCUT2D eigenvalue weighted by Crippen LogP contribution is 2.45. The molecule has 7 heteroatoms. The van der Waals surface area contributed by atoms with Gasteiger partial charge < -0.3 is 20.5 Å². The van der Waals surface area contributed by atoms with Crippen LogP contribution >= 0.6 is 0 Å². The Morgan fingerprint density at radius 2 is 1.69 bits per heavy atom. The van der Waals surface area contributed by atoms with Crippen molar-refractivity contribution in [3.8, 4) is 11.1 Å². The smallest absolute Gasteiger partial charge is 0.407 e. The third-order valence-corrected chi connectivity index (χ3v) is 7.48. The van der Waals surface area contributed by atoms with Gasteiger partial charge in [0.2, 0.25) is 5.91 Å². The molecule has 2 aliphatic rings. The first kappa shape index (κ1) is 24.8. The number of alkyl carbamates (subject to hydrolysis) is 1. The lowest BCUT2D eigenvalue weighted by Gasteiger charge is -2.40. The summed E-state index contributed by atoms with van der Waals surface area (Å²) in [5.41, 5.74) is 4.39. The quantitative estimate of drug-likeness (QED) is 0.428. The fraction of sp³-hybridized carbons (Fsp3) is 0.464. The Hall–Kier alpha value is -3.35. The summed E-state index contributed by atoms with van der Waals surface area (Å²) in [4.78, 5) is 36.0. The Morgan fingerprint density at radius 3 is 2.23 bits per heavy atom. The van der Waals surface area contributed by atoms with Crippen molar-refractivity contribution in [3.05, 3.63) is 59.7 Å². The maximum atomic E-state index is 12.6. The number of hydrogen-bond donors (Lipinski definition) is 3. The molecular formula is C28H34N2O5. The Balaban J connectivity index is 1.23. The van der Waals surface area contributed by atoms with Crippen molar-refractivity contribution in [2.24, 2.45) is 5.41 Å². The molecule has 2 aliphatic carbocycles. The van der Waals surface area contributed by atoms with Gasteiger partial charge in [0.05, 0.1) is 6.42 Å². The maximum absolute atomic E-state index is 12.6. The topological polar surface area (TPSA) is 105 Å².